The molecule has 0 atom stereocenters. The molecular formula is C42H40Cl2Ti2-2. The Bertz CT molecular complexity index is 1580. The summed E-state index contributed by atoms with van der Waals surface area (Å²) >= 11 is 3.50. The van der Waals surface area contributed by atoms with Crippen molar-refractivity contribution in [1.82, 2.24) is 0 Å². The minimum absolute atomic E-state index is 0. The predicted octanol–water partition coefficient (Wildman–Crippen LogP) is 5.41. The van der Waals surface area contributed by atoms with E-state index in [4.69, 9.17) is 0 Å². The van der Waals surface area contributed by atoms with Gasteiger partial charge < -0.3 is 24.8 Å². The fourth-order valence-corrected chi connectivity index (χ4v) is 5.22. The van der Waals surface area contributed by atoms with E-state index >= 15 is 0 Å². The Hall–Kier alpha value is -2.93. The molecule has 0 nitrogen and oxygen atoms in total. The number of hydrogen-bond acceptors (Lipinski definition) is 0. The molecule has 0 fully saturated rings. The number of rotatable bonds is 0. The average molecular weight is 711 g/mol. The maximum Gasteiger partial charge on any atom is -1.00 e. The molecule has 0 bridgehead atoms. The van der Waals surface area contributed by atoms with Crippen molar-refractivity contribution in [2.75, 3.05) is 0 Å². The summed E-state index contributed by atoms with van der Waals surface area (Å²) in [6.45, 7) is 8.50. The van der Waals surface area contributed by atoms with E-state index in [1.54, 1.807) is 39.9 Å². The van der Waals surface area contributed by atoms with E-state index in [9.17, 15) is 0 Å². The van der Waals surface area contributed by atoms with Crippen LogP contribution < -0.4 is 24.8 Å². The Labute approximate surface area is 310 Å². The fourth-order valence-electron chi connectivity index (χ4n) is 5.22. The molecule has 0 saturated heterocycles. The summed E-state index contributed by atoms with van der Waals surface area (Å²) in [5, 5.41) is 10.8. The molecular weight excluding hydrogens is 671 g/mol. The third-order valence-electron chi connectivity index (χ3n) is 7.05. The Morgan fingerprint density at radius 2 is 0.522 bits per heavy atom. The van der Waals surface area contributed by atoms with E-state index < -0.39 is 0 Å². The van der Waals surface area contributed by atoms with Crippen LogP contribution in [0.1, 0.15) is 22.3 Å². The van der Waals surface area contributed by atoms with Gasteiger partial charge in [0.15, 0.2) is 0 Å². The summed E-state index contributed by atoms with van der Waals surface area (Å²) < 4.78 is 0. The molecule has 46 heavy (non-hydrogen) atoms. The predicted molar refractivity (Wildman–Crippen MR) is 191 cm³/mol. The molecule has 8 rings (SSSR count). The van der Waals surface area contributed by atoms with Crippen molar-refractivity contribution < 1.29 is 64.8 Å². The van der Waals surface area contributed by atoms with Gasteiger partial charge in [-0.15, -0.1) is 162 Å². The van der Waals surface area contributed by atoms with E-state index in [-0.39, 0.29) is 24.8 Å². The maximum atomic E-state index is 3.25. The smallest absolute Gasteiger partial charge is 1.00 e. The third-order valence-corrected chi connectivity index (χ3v) is 7.05. The molecule has 0 aromatic heterocycles. The van der Waals surface area contributed by atoms with Crippen LogP contribution in [0.2, 0.25) is 0 Å². The molecule has 4 heteroatoms. The standard InChI is InChI=1S/4C10H9.2CH2.2ClH.2Ti/c4*1-8-6-9-4-2-3-5-10(9)7-8;;;;;;/h4*2-7H,1H3;2*1H2;2*1H;;/q4*-1;;;;;2*+2/p-2. The number of aryl methyl sites for hydroxylation is 4. The zero-order chi connectivity index (χ0) is 31.9. The Balaban J connectivity index is 0.000000292. The van der Waals surface area contributed by atoms with Crippen molar-refractivity contribution in [1.29, 1.82) is 0 Å². The first-order chi connectivity index (χ1) is 21.4. The second kappa shape index (κ2) is 21.8. The summed E-state index contributed by atoms with van der Waals surface area (Å²) in [7, 11) is 0. The Kier molecular flexibility index (Phi) is 19.5. The SMILES string of the molecule is Cc1cc2ccccc2[cH-]1.Cc1cc2ccccc2[cH-]1.Cc1cc2ccccc2[cH-]1.Cc1cc2ccccc2[cH-]1.[CH2]=[Ti+2].[CH2]=[Ti+2].[Cl-].[Cl-]. The Morgan fingerprint density at radius 1 is 0.348 bits per heavy atom. The first-order valence-corrected chi connectivity index (χ1v) is 16.8. The van der Waals surface area contributed by atoms with Gasteiger partial charge in [0.05, 0.1) is 0 Å². The van der Waals surface area contributed by atoms with Crippen molar-refractivity contribution in [2.24, 2.45) is 0 Å². The van der Waals surface area contributed by atoms with E-state index in [1.807, 2.05) is 0 Å². The van der Waals surface area contributed by atoms with Crippen LogP contribution in [0.25, 0.3) is 43.1 Å². The summed E-state index contributed by atoms with van der Waals surface area (Å²) in [5.74, 6) is 0. The van der Waals surface area contributed by atoms with Crippen molar-refractivity contribution in [3.8, 4) is 0 Å². The largest absolute Gasteiger partial charge is 1.00 e. The van der Waals surface area contributed by atoms with Crippen LogP contribution in [0.15, 0.2) is 146 Å². The van der Waals surface area contributed by atoms with Crippen LogP contribution in [0.3, 0.4) is 0 Å². The third kappa shape index (κ3) is 12.3. The number of halogens is 2. The molecule has 0 amide bonds. The van der Waals surface area contributed by atoms with Crippen LogP contribution in [-0.4, -0.2) is 9.63 Å². The van der Waals surface area contributed by atoms with Crippen molar-refractivity contribution in [3.63, 3.8) is 0 Å². The molecule has 0 radical (unpaired) electrons. The van der Waals surface area contributed by atoms with E-state index in [2.05, 4.69) is 183 Å². The van der Waals surface area contributed by atoms with Gasteiger partial charge >= 0.3 is 49.6 Å². The molecule has 0 aliphatic rings. The molecule has 0 N–H and O–H groups in total. The van der Waals surface area contributed by atoms with Crippen LogP contribution in [-0.2, 0) is 39.9 Å². The average Bonchev–Trinajstić information content (AvgIpc) is 3.82. The van der Waals surface area contributed by atoms with Gasteiger partial charge in [-0.25, -0.2) is 0 Å². The van der Waals surface area contributed by atoms with Gasteiger partial charge in [-0.3, -0.25) is 0 Å². The second-order valence-electron chi connectivity index (χ2n) is 10.6. The van der Waals surface area contributed by atoms with Gasteiger partial charge in [0.1, 0.15) is 0 Å². The first kappa shape index (κ1) is 41.1. The van der Waals surface area contributed by atoms with Crippen LogP contribution in [0, 0.1) is 27.7 Å². The molecule has 8 aromatic carbocycles. The molecule has 0 heterocycles. The zero-order valence-corrected chi connectivity index (χ0v) is 31.7. The van der Waals surface area contributed by atoms with Gasteiger partial charge in [0.25, 0.3) is 0 Å². The van der Waals surface area contributed by atoms with E-state index in [0.717, 1.165) is 0 Å². The van der Waals surface area contributed by atoms with Crippen LogP contribution >= 0.6 is 0 Å². The quantitative estimate of drug-likeness (QED) is 0.146. The summed E-state index contributed by atoms with van der Waals surface area (Å²) in [4.78, 5) is 6.50. The van der Waals surface area contributed by atoms with Gasteiger partial charge in [-0.1, -0.05) is 52.0 Å². The summed E-state index contributed by atoms with van der Waals surface area (Å²) in [6, 6.07) is 51.3. The van der Waals surface area contributed by atoms with Gasteiger partial charge in [0.2, 0.25) is 0 Å². The normalized spacial score (nSPS) is 9.39. The zero-order valence-electron chi connectivity index (χ0n) is 27.0. The van der Waals surface area contributed by atoms with Crippen LogP contribution in [0.5, 0.6) is 0 Å². The maximum absolute atomic E-state index is 3.25. The molecule has 0 unspecified atom stereocenters. The monoisotopic (exact) mass is 710 g/mol. The minimum atomic E-state index is 0. The second-order valence-corrected chi connectivity index (χ2v) is 10.6. The van der Waals surface area contributed by atoms with Crippen molar-refractivity contribution >= 4 is 52.7 Å². The first-order valence-electron chi connectivity index (χ1n) is 14.6. The topological polar surface area (TPSA) is 0 Å². The summed E-state index contributed by atoms with van der Waals surface area (Å²) in [5.41, 5.74) is 5.39. The number of benzene rings is 4. The number of fused-ring (bicyclic) bond motifs is 4. The summed E-state index contributed by atoms with van der Waals surface area (Å²) in [6.07, 6.45) is 0. The van der Waals surface area contributed by atoms with Crippen LogP contribution in [0.4, 0.5) is 0 Å². The molecule has 232 valence electrons. The molecule has 8 aromatic rings. The Morgan fingerprint density at radius 3 is 0.696 bits per heavy atom. The van der Waals surface area contributed by atoms with E-state index in [0.29, 0.717) is 0 Å². The molecule has 0 saturated carbocycles. The van der Waals surface area contributed by atoms with Gasteiger partial charge in [-0.2, -0.15) is 24.3 Å². The molecule has 0 aliphatic carbocycles. The van der Waals surface area contributed by atoms with Gasteiger partial charge in [-0.05, 0) is 0 Å². The fraction of sp³-hybridized carbons (Fsp3) is 0.0952. The number of hydrogen-bond donors (Lipinski definition) is 0. The molecule has 0 spiro atoms. The van der Waals surface area contributed by atoms with Crippen molar-refractivity contribution in [3.05, 3.63) is 168 Å². The van der Waals surface area contributed by atoms with E-state index in [1.165, 1.54) is 65.3 Å². The van der Waals surface area contributed by atoms with Gasteiger partial charge in [0, 0.05) is 0 Å². The molecule has 0 aliphatic heterocycles. The van der Waals surface area contributed by atoms with Crippen molar-refractivity contribution in [2.45, 2.75) is 27.7 Å². The minimum Gasteiger partial charge on any atom is -1.00 e.